The van der Waals surface area contributed by atoms with Crippen LogP contribution in [0.5, 0.6) is 0 Å². The van der Waals surface area contributed by atoms with E-state index in [1.165, 1.54) is 0 Å². The van der Waals surface area contributed by atoms with Gasteiger partial charge < -0.3 is 10.9 Å². The highest BCUT2D eigenvalue weighted by Gasteiger charge is 2.07. The molecule has 78 valence electrons. The van der Waals surface area contributed by atoms with E-state index >= 15 is 0 Å². The number of likely N-dealkylation sites (N-methyl/N-ethyl adjacent to an activating group) is 1. The van der Waals surface area contributed by atoms with Crippen LogP contribution in [0, 0.1) is 0 Å². The minimum atomic E-state index is 0.225. The largest absolute Gasteiger partial charge is 0.409 e. The minimum Gasteiger partial charge on any atom is -0.409 e. The Morgan fingerprint density at radius 2 is 2.57 bits per heavy atom. The van der Waals surface area contributed by atoms with E-state index < -0.39 is 0 Å². The smallest absolute Gasteiger partial charge is 0.153 e. The first kappa shape index (κ1) is 10.9. The van der Waals surface area contributed by atoms with Crippen LogP contribution in [0.25, 0.3) is 0 Å². The van der Waals surface area contributed by atoms with Gasteiger partial charge in [0.2, 0.25) is 0 Å². The normalized spacial score (nSPS) is 12.3. The van der Waals surface area contributed by atoms with E-state index in [1.54, 1.807) is 17.5 Å². The van der Waals surface area contributed by atoms with Crippen LogP contribution in [0.2, 0.25) is 0 Å². The predicted octanol–water partition coefficient (Wildman–Crippen LogP) is 0.711. The monoisotopic (exact) mass is 214 g/mol. The van der Waals surface area contributed by atoms with E-state index in [2.05, 4.69) is 10.1 Å². The van der Waals surface area contributed by atoms with E-state index in [9.17, 15) is 0 Å². The third kappa shape index (κ3) is 3.31. The average Bonchev–Trinajstić information content (AvgIpc) is 2.69. The van der Waals surface area contributed by atoms with Crippen LogP contribution in [-0.4, -0.2) is 34.0 Å². The van der Waals surface area contributed by atoms with Crippen molar-refractivity contribution < 1.29 is 5.21 Å². The fourth-order valence-electron chi connectivity index (χ4n) is 1.06. The molecule has 1 aromatic heterocycles. The Balaban J connectivity index is 2.47. The molecule has 0 bridgehead atoms. The topological polar surface area (TPSA) is 74.7 Å². The fourth-order valence-corrected chi connectivity index (χ4v) is 1.72. The molecule has 0 aliphatic rings. The van der Waals surface area contributed by atoms with Gasteiger partial charge in [-0.05, 0) is 6.54 Å². The summed E-state index contributed by atoms with van der Waals surface area (Å²) in [6, 6.07) is 0. The van der Waals surface area contributed by atoms with Crippen molar-refractivity contribution in [3.05, 3.63) is 16.6 Å². The van der Waals surface area contributed by atoms with Crippen molar-refractivity contribution in [3.63, 3.8) is 0 Å². The highest BCUT2D eigenvalue weighted by molar-refractivity contribution is 7.09. The molecule has 0 unspecified atom stereocenters. The molecule has 0 saturated carbocycles. The van der Waals surface area contributed by atoms with Crippen molar-refractivity contribution in [1.29, 1.82) is 0 Å². The van der Waals surface area contributed by atoms with Crippen LogP contribution in [-0.2, 0) is 6.54 Å². The Morgan fingerprint density at radius 3 is 3.07 bits per heavy atom. The number of aromatic nitrogens is 1. The van der Waals surface area contributed by atoms with Crippen LogP contribution >= 0.6 is 11.3 Å². The zero-order valence-electron chi connectivity index (χ0n) is 8.05. The van der Waals surface area contributed by atoms with E-state index in [0.717, 1.165) is 18.1 Å². The van der Waals surface area contributed by atoms with Gasteiger partial charge in [0.1, 0.15) is 5.01 Å². The zero-order chi connectivity index (χ0) is 10.4. The molecule has 0 saturated heterocycles. The second-order valence-electron chi connectivity index (χ2n) is 2.82. The maximum atomic E-state index is 8.43. The van der Waals surface area contributed by atoms with Crippen molar-refractivity contribution in [3.8, 4) is 0 Å². The SMILES string of the molecule is CCN(CC(N)=NO)Cc1nccs1. The molecule has 0 spiro atoms. The van der Waals surface area contributed by atoms with E-state index in [1.807, 2.05) is 17.2 Å². The molecule has 3 N–H and O–H groups in total. The summed E-state index contributed by atoms with van der Waals surface area (Å²) >= 11 is 1.61. The summed E-state index contributed by atoms with van der Waals surface area (Å²) in [4.78, 5) is 6.22. The summed E-state index contributed by atoms with van der Waals surface area (Å²) in [6.45, 7) is 4.07. The Bertz CT molecular complexity index is 286. The number of nitrogens with two attached hydrogens (primary N) is 1. The Kier molecular flexibility index (Phi) is 4.34. The van der Waals surface area contributed by atoms with Crippen LogP contribution < -0.4 is 5.73 Å². The Labute approximate surface area is 86.9 Å². The number of rotatable bonds is 5. The first-order valence-corrected chi connectivity index (χ1v) is 5.21. The summed E-state index contributed by atoms with van der Waals surface area (Å²) in [6.07, 6.45) is 1.78. The lowest BCUT2D eigenvalue weighted by atomic mass is 10.4. The van der Waals surface area contributed by atoms with Crippen molar-refractivity contribution in [1.82, 2.24) is 9.88 Å². The lowest BCUT2D eigenvalue weighted by molar-refractivity contribution is 0.294. The second kappa shape index (κ2) is 5.56. The highest BCUT2D eigenvalue weighted by atomic mass is 32.1. The van der Waals surface area contributed by atoms with Crippen molar-refractivity contribution in [2.24, 2.45) is 10.9 Å². The van der Waals surface area contributed by atoms with Gasteiger partial charge in [0.15, 0.2) is 5.84 Å². The van der Waals surface area contributed by atoms with E-state index in [0.29, 0.717) is 6.54 Å². The average molecular weight is 214 g/mol. The molecule has 14 heavy (non-hydrogen) atoms. The molecule has 1 rings (SSSR count). The first-order chi connectivity index (χ1) is 6.76. The molecular weight excluding hydrogens is 200 g/mol. The first-order valence-electron chi connectivity index (χ1n) is 4.33. The Hall–Kier alpha value is -1.14. The van der Waals surface area contributed by atoms with Crippen molar-refractivity contribution >= 4 is 17.2 Å². The predicted molar refractivity (Wildman–Crippen MR) is 56.5 cm³/mol. The quantitative estimate of drug-likeness (QED) is 0.327. The van der Waals surface area contributed by atoms with Gasteiger partial charge in [-0.3, -0.25) is 4.90 Å². The number of hydrogen-bond donors (Lipinski definition) is 2. The fraction of sp³-hybridized carbons (Fsp3) is 0.500. The van der Waals surface area contributed by atoms with Gasteiger partial charge in [0.25, 0.3) is 0 Å². The lowest BCUT2D eigenvalue weighted by Crippen LogP contribution is -2.33. The summed E-state index contributed by atoms with van der Waals surface area (Å²) in [5.74, 6) is 0.225. The molecule has 6 heteroatoms. The van der Waals surface area contributed by atoms with Crippen LogP contribution in [0.15, 0.2) is 16.7 Å². The summed E-state index contributed by atoms with van der Waals surface area (Å²) in [7, 11) is 0. The molecule has 0 amide bonds. The molecule has 5 nitrogen and oxygen atoms in total. The standard InChI is InChI=1S/C8H14N4OS/c1-2-12(5-7(9)11-13)6-8-10-3-4-14-8/h3-4,13H,2,5-6H2,1H3,(H2,9,11). The molecule has 0 fully saturated rings. The van der Waals surface area contributed by atoms with Crippen LogP contribution in [0.4, 0.5) is 0 Å². The molecule has 0 aromatic carbocycles. The van der Waals surface area contributed by atoms with Gasteiger partial charge in [-0.25, -0.2) is 4.98 Å². The van der Waals surface area contributed by atoms with Gasteiger partial charge in [-0.2, -0.15) is 0 Å². The van der Waals surface area contributed by atoms with E-state index in [-0.39, 0.29) is 5.84 Å². The number of nitrogens with zero attached hydrogens (tertiary/aromatic N) is 3. The molecule has 0 atom stereocenters. The number of amidine groups is 1. The van der Waals surface area contributed by atoms with Gasteiger partial charge in [0.05, 0.1) is 13.1 Å². The van der Waals surface area contributed by atoms with Crippen molar-refractivity contribution in [2.45, 2.75) is 13.5 Å². The molecule has 0 aliphatic heterocycles. The summed E-state index contributed by atoms with van der Waals surface area (Å²) in [5.41, 5.74) is 5.42. The molecular formula is C8H14N4OS. The minimum absolute atomic E-state index is 0.225. The third-order valence-corrected chi connectivity index (χ3v) is 2.57. The molecule has 0 aliphatic carbocycles. The Morgan fingerprint density at radius 1 is 1.79 bits per heavy atom. The maximum absolute atomic E-state index is 8.43. The third-order valence-electron chi connectivity index (χ3n) is 1.80. The number of oxime groups is 1. The zero-order valence-corrected chi connectivity index (χ0v) is 8.87. The highest BCUT2D eigenvalue weighted by Crippen LogP contribution is 2.07. The number of hydrogen-bond acceptors (Lipinski definition) is 5. The van der Waals surface area contributed by atoms with Gasteiger partial charge in [-0.1, -0.05) is 12.1 Å². The maximum Gasteiger partial charge on any atom is 0.153 e. The van der Waals surface area contributed by atoms with Gasteiger partial charge >= 0.3 is 0 Å². The summed E-state index contributed by atoms with van der Waals surface area (Å²) in [5, 5.41) is 14.3. The lowest BCUT2D eigenvalue weighted by Gasteiger charge is -2.17. The van der Waals surface area contributed by atoms with Crippen LogP contribution in [0.1, 0.15) is 11.9 Å². The molecule has 1 heterocycles. The van der Waals surface area contributed by atoms with E-state index in [4.69, 9.17) is 10.9 Å². The van der Waals surface area contributed by atoms with Crippen LogP contribution in [0.3, 0.4) is 0 Å². The number of thiazole rings is 1. The van der Waals surface area contributed by atoms with Gasteiger partial charge in [-0.15, -0.1) is 11.3 Å². The second-order valence-corrected chi connectivity index (χ2v) is 3.80. The van der Waals surface area contributed by atoms with Gasteiger partial charge in [0, 0.05) is 11.6 Å². The summed E-state index contributed by atoms with van der Waals surface area (Å²) < 4.78 is 0. The van der Waals surface area contributed by atoms with Crippen molar-refractivity contribution in [2.75, 3.05) is 13.1 Å². The molecule has 1 aromatic rings. The molecule has 0 radical (unpaired) electrons.